The summed E-state index contributed by atoms with van der Waals surface area (Å²) in [7, 11) is 0. The molecular formula is C18H31N3O7. The van der Waals surface area contributed by atoms with Crippen LogP contribution < -0.4 is 0 Å². The highest BCUT2D eigenvalue weighted by molar-refractivity contribution is 5.66. The van der Waals surface area contributed by atoms with E-state index >= 15 is 0 Å². The molecule has 5 atom stereocenters. The summed E-state index contributed by atoms with van der Waals surface area (Å²) in [5.74, 6) is -1.06. The zero-order valence-corrected chi connectivity index (χ0v) is 17.0. The van der Waals surface area contributed by atoms with E-state index < -0.39 is 42.6 Å². The minimum Gasteiger partial charge on any atom is -0.463 e. The van der Waals surface area contributed by atoms with Gasteiger partial charge in [-0.2, -0.15) is 0 Å². The number of unbranched alkanes of at least 4 members (excludes halogenated alkanes) is 2. The first-order valence-corrected chi connectivity index (χ1v) is 9.68. The fourth-order valence-electron chi connectivity index (χ4n) is 2.79. The highest BCUT2D eigenvalue weighted by Gasteiger charge is 2.49. The molecule has 28 heavy (non-hydrogen) atoms. The predicted octanol–water partition coefficient (Wildman–Crippen LogP) is 2.89. The van der Waals surface area contributed by atoms with Crippen LogP contribution in [0, 0.1) is 0 Å². The van der Waals surface area contributed by atoms with E-state index in [4.69, 9.17) is 29.2 Å². The summed E-state index contributed by atoms with van der Waals surface area (Å²) in [6.07, 6.45) is 0.212. The second kappa shape index (κ2) is 13.3. The summed E-state index contributed by atoms with van der Waals surface area (Å²) in [5, 5.41) is 3.75. The molecule has 0 saturated carbocycles. The smallest absolute Gasteiger partial charge is 0.304 e. The van der Waals surface area contributed by atoms with Crippen LogP contribution in [0.5, 0.6) is 0 Å². The lowest BCUT2D eigenvalue weighted by Crippen LogP contribution is -2.60. The van der Waals surface area contributed by atoms with Crippen LogP contribution in [0.2, 0.25) is 0 Å². The van der Waals surface area contributed by atoms with Crippen molar-refractivity contribution >= 4 is 11.9 Å². The molecule has 160 valence electrons. The largest absolute Gasteiger partial charge is 0.463 e. The van der Waals surface area contributed by atoms with Crippen LogP contribution in [0.25, 0.3) is 10.4 Å². The van der Waals surface area contributed by atoms with E-state index in [1.165, 1.54) is 13.8 Å². The van der Waals surface area contributed by atoms with Crippen LogP contribution in [0.4, 0.5) is 0 Å². The maximum absolute atomic E-state index is 11.5. The van der Waals surface area contributed by atoms with E-state index in [0.29, 0.717) is 13.2 Å². The van der Waals surface area contributed by atoms with Crippen molar-refractivity contribution in [1.29, 1.82) is 0 Å². The average Bonchev–Trinajstić information content (AvgIpc) is 2.63. The number of hydrogen-bond acceptors (Lipinski definition) is 8. The Morgan fingerprint density at radius 1 is 1.04 bits per heavy atom. The number of hydrogen-bond donors (Lipinski definition) is 0. The quantitative estimate of drug-likeness (QED) is 0.162. The van der Waals surface area contributed by atoms with Crippen molar-refractivity contribution in [2.24, 2.45) is 5.11 Å². The summed E-state index contributed by atoms with van der Waals surface area (Å²) < 4.78 is 28.1. The minimum absolute atomic E-state index is 0.0967. The van der Waals surface area contributed by atoms with Gasteiger partial charge in [0, 0.05) is 32.0 Å². The monoisotopic (exact) mass is 401 g/mol. The molecule has 0 spiro atoms. The van der Waals surface area contributed by atoms with Gasteiger partial charge >= 0.3 is 11.9 Å². The number of esters is 2. The zero-order chi connectivity index (χ0) is 20.9. The van der Waals surface area contributed by atoms with Crippen LogP contribution in [0.1, 0.15) is 53.4 Å². The molecule has 10 heteroatoms. The molecule has 0 radical (unpaired) electrons. The van der Waals surface area contributed by atoms with Crippen molar-refractivity contribution in [1.82, 2.24) is 0 Å². The van der Waals surface area contributed by atoms with E-state index in [-0.39, 0.29) is 6.61 Å². The van der Waals surface area contributed by atoms with E-state index in [1.807, 2.05) is 13.8 Å². The van der Waals surface area contributed by atoms with Crippen LogP contribution >= 0.6 is 0 Å². The molecule has 0 aliphatic carbocycles. The molecule has 0 aromatic carbocycles. The summed E-state index contributed by atoms with van der Waals surface area (Å²) in [6.45, 7) is 7.34. The molecule has 0 bridgehead atoms. The Morgan fingerprint density at radius 2 is 1.64 bits per heavy atom. The van der Waals surface area contributed by atoms with Crippen LogP contribution in [-0.4, -0.2) is 62.4 Å². The SMILES string of the molecule is CCCCOC1C(N=[N+]=[N-])[C@H](OC(C)=O)O[C@@H](COC(C)=O)[C@H]1OCCCC. The Hall–Kier alpha value is -1.87. The predicted molar refractivity (Wildman–Crippen MR) is 99.3 cm³/mol. The Bertz CT molecular complexity index is 539. The van der Waals surface area contributed by atoms with Crippen LogP contribution in [0.15, 0.2) is 5.11 Å². The second-order valence-electron chi connectivity index (χ2n) is 6.53. The third-order valence-electron chi connectivity index (χ3n) is 4.15. The molecule has 2 unspecified atom stereocenters. The lowest BCUT2D eigenvalue weighted by atomic mass is 9.96. The summed E-state index contributed by atoms with van der Waals surface area (Å²) in [4.78, 5) is 25.6. The first-order chi connectivity index (χ1) is 13.4. The van der Waals surface area contributed by atoms with Gasteiger partial charge in [-0.15, -0.1) is 0 Å². The van der Waals surface area contributed by atoms with Gasteiger partial charge in [-0.1, -0.05) is 31.8 Å². The fourth-order valence-corrected chi connectivity index (χ4v) is 2.79. The van der Waals surface area contributed by atoms with Crippen molar-refractivity contribution in [2.75, 3.05) is 19.8 Å². The number of azide groups is 1. The standard InChI is InChI=1S/C18H31N3O7/c1-5-7-9-24-16-14(11-26-12(3)22)28-18(27-13(4)23)15(20-21-19)17(16)25-10-8-6-2/h14-18H,5-11H2,1-4H3/t14-,15?,16+,17?,18+/m0/s1. The molecule has 1 heterocycles. The number of carbonyl (C=O) groups is 2. The molecule has 1 saturated heterocycles. The first kappa shape index (κ1) is 24.2. The Morgan fingerprint density at radius 3 is 2.14 bits per heavy atom. The lowest BCUT2D eigenvalue weighted by molar-refractivity contribution is -0.274. The Balaban J connectivity index is 3.14. The molecule has 0 aromatic rings. The first-order valence-electron chi connectivity index (χ1n) is 9.68. The molecule has 10 nitrogen and oxygen atoms in total. The third kappa shape index (κ3) is 8.02. The fraction of sp³-hybridized carbons (Fsp3) is 0.889. The van der Waals surface area contributed by atoms with Crippen molar-refractivity contribution in [3.8, 4) is 0 Å². The molecule has 0 amide bonds. The topological polar surface area (TPSA) is 129 Å². The zero-order valence-electron chi connectivity index (χ0n) is 17.0. The molecule has 1 aliphatic heterocycles. The van der Waals surface area contributed by atoms with Crippen molar-refractivity contribution in [3.05, 3.63) is 10.4 Å². The van der Waals surface area contributed by atoms with Crippen LogP contribution in [0.3, 0.4) is 0 Å². The highest BCUT2D eigenvalue weighted by atomic mass is 16.7. The van der Waals surface area contributed by atoms with Gasteiger partial charge in [-0.25, -0.2) is 0 Å². The van der Waals surface area contributed by atoms with Crippen LogP contribution in [-0.2, 0) is 33.3 Å². The molecule has 1 rings (SSSR count). The van der Waals surface area contributed by atoms with E-state index in [0.717, 1.165) is 25.7 Å². The van der Waals surface area contributed by atoms with E-state index in [2.05, 4.69) is 10.0 Å². The van der Waals surface area contributed by atoms with Gasteiger partial charge in [-0.3, -0.25) is 9.59 Å². The van der Waals surface area contributed by atoms with Crippen molar-refractivity contribution in [2.45, 2.75) is 84.0 Å². The summed E-state index contributed by atoms with van der Waals surface area (Å²) >= 11 is 0. The van der Waals surface area contributed by atoms with Gasteiger partial charge in [0.25, 0.3) is 0 Å². The maximum Gasteiger partial charge on any atom is 0.304 e. The number of carbonyl (C=O) groups excluding carboxylic acids is 2. The van der Waals surface area contributed by atoms with Gasteiger partial charge < -0.3 is 23.7 Å². The van der Waals surface area contributed by atoms with Gasteiger partial charge in [0.15, 0.2) is 0 Å². The van der Waals surface area contributed by atoms with Gasteiger partial charge in [-0.05, 0) is 18.4 Å². The third-order valence-corrected chi connectivity index (χ3v) is 4.15. The normalized spacial score (nSPS) is 26.9. The minimum atomic E-state index is -1.16. The molecule has 0 aromatic heterocycles. The number of ether oxygens (including phenoxy) is 5. The number of rotatable bonds is 12. The highest BCUT2D eigenvalue weighted by Crippen LogP contribution is 2.30. The summed E-state index contributed by atoms with van der Waals surface area (Å²) in [5.41, 5.74) is 9.00. The van der Waals surface area contributed by atoms with Gasteiger partial charge in [0.2, 0.25) is 6.29 Å². The van der Waals surface area contributed by atoms with Crippen molar-refractivity contribution < 1.29 is 33.3 Å². The van der Waals surface area contributed by atoms with Crippen molar-refractivity contribution in [3.63, 3.8) is 0 Å². The maximum atomic E-state index is 11.5. The average molecular weight is 401 g/mol. The van der Waals surface area contributed by atoms with Gasteiger partial charge in [0.1, 0.15) is 31.0 Å². The lowest BCUT2D eigenvalue weighted by Gasteiger charge is -2.44. The Labute approximate surface area is 165 Å². The van der Waals surface area contributed by atoms with Gasteiger partial charge in [0.05, 0.1) is 0 Å². The van der Waals surface area contributed by atoms with E-state index in [9.17, 15) is 9.59 Å². The molecule has 0 N–H and O–H groups in total. The molecule has 1 fully saturated rings. The Kier molecular flexibility index (Phi) is 11.5. The number of nitrogens with zero attached hydrogens (tertiary/aromatic N) is 3. The second-order valence-corrected chi connectivity index (χ2v) is 6.53. The molecule has 1 aliphatic rings. The van der Waals surface area contributed by atoms with E-state index in [1.54, 1.807) is 0 Å². The molecular weight excluding hydrogens is 370 g/mol. The summed E-state index contributed by atoms with van der Waals surface area (Å²) in [6, 6.07) is -0.925.